The lowest BCUT2D eigenvalue weighted by Crippen LogP contribution is -2.51. The van der Waals surface area contributed by atoms with E-state index < -0.39 is 0 Å². The zero-order chi connectivity index (χ0) is 15.0. The van der Waals surface area contributed by atoms with Crippen molar-refractivity contribution in [3.8, 4) is 5.75 Å². The van der Waals surface area contributed by atoms with E-state index in [0.717, 1.165) is 30.2 Å². The van der Waals surface area contributed by atoms with Gasteiger partial charge in [-0.3, -0.25) is 4.90 Å². The number of urea groups is 1. The molecule has 0 spiro atoms. The Morgan fingerprint density at radius 2 is 2.10 bits per heavy atom. The number of carbonyl (C=O) groups is 1. The minimum Gasteiger partial charge on any atom is -0.489 e. The van der Waals surface area contributed by atoms with Gasteiger partial charge in [0.15, 0.2) is 0 Å². The summed E-state index contributed by atoms with van der Waals surface area (Å²) in [6.07, 6.45) is 0. The van der Waals surface area contributed by atoms with Crippen LogP contribution >= 0.6 is 0 Å². The molecule has 0 aliphatic carbocycles. The first-order valence-electron chi connectivity index (χ1n) is 7.52. The van der Waals surface area contributed by atoms with E-state index in [9.17, 15) is 4.79 Å². The minimum atomic E-state index is -0.0245. The van der Waals surface area contributed by atoms with Gasteiger partial charge in [0.2, 0.25) is 0 Å². The number of amides is 2. The Hall–Kier alpha value is -1.91. The molecule has 5 heteroatoms. The molecule has 0 bridgehead atoms. The second-order valence-electron chi connectivity index (χ2n) is 6.83. The largest absolute Gasteiger partial charge is 0.489 e. The summed E-state index contributed by atoms with van der Waals surface area (Å²) >= 11 is 0. The number of ether oxygens (including phenoxy) is 1. The number of benzene rings is 1. The summed E-state index contributed by atoms with van der Waals surface area (Å²) in [4.78, 5) is 16.6. The van der Waals surface area contributed by atoms with Gasteiger partial charge >= 0.3 is 6.03 Å². The van der Waals surface area contributed by atoms with Crippen LogP contribution < -0.4 is 19.9 Å². The summed E-state index contributed by atoms with van der Waals surface area (Å²) in [7, 11) is 0. The summed E-state index contributed by atoms with van der Waals surface area (Å²) in [6, 6.07) is 5.90. The second kappa shape index (κ2) is 5.13. The molecule has 114 valence electrons. The monoisotopic (exact) mass is 289 g/mol. The molecule has 1 aromatic rings. The number of hydrogen-bond donors (Lipinski definition) is 1. The first-order valence-corrected chi connectivity index (χ1v) is 7.52. The van der Waals surface area contributed by atoms with Gasteiger partial charge in [0.25, 0.3) is 0 Å². The topological polar surface area (TPSA) is 44.8 Å². The van der Waals surface area contributed by atoms with Crippen molar-refractivity contribution >= 4 is 17.4 Å². The third kappa shape index (κ3) is 2.77. The van der Waals surface area contributed by atoms with Crippen LogP contribution in [0.25, 0.3) is 0 Å². The van der Waals surface area contributed by atoms with Crippen LogP contribution in [-0.4, -0.2) is 38.8 Å². The van der Waals surface area contributed by atoms with Crippen molar-refractivity contribution in [3.05, 3.63) is 18.2 Å². The Morgan fingerprint density at radius 1 is 1.29 bits per heavy atom. The van der Waals surface area contributed by atoms with Gasteiger partial charge in [0.05, 0.1) is 12.2 Å². The van der Waals surface area contributed by atoms with Crippen LogP contribution in [0.5, 0.6) is 5.75 Å². The first-order chi connectivity index (χ1) is 9.96. The van der Waals surface area contributed by atoms with Crippen molar-refractivity contribution in [3.63, 3.8) is 0 Å². The predicted octanol–water partition coefficient (Wildman–Crippen LogP) is 2.46. The van der Waals surface area contributed by atoms with E-state index in [1.54, 1.807) is 0 Å². The number of nitrogens with one attached hydrogen (secondary N) is 1. The van der Waals surface area contributed by atoms with Crippen LogP contribution in [0.15, 0.2) is 18.2 Å². The lowest BCUT2D eigenvalue weighted by Gasteiger charge is -2.41. The van der Waals surface area contributed by atoms with E-state index in [4.69, 9.17) is 4.74 Å². The van der Waals surface area contributed by atoms with Gasteiger partial charge in [-0.15, -0.1) is 0 Å². The highest BCUT2D eigenvalue weighted by atomic mass is 16.5. The normalized spacial score (nSPS) is 17.1. The maximum atomic E-state index is 12.5. The Morgan fingerprint density at radius 3 is 2.86 bits per heavy atom. The third-order valence-electron chi connectivity index (χ3n) is 3.81. The summed E-state index contributed by atoms with van der Waals surface area (Å²) in [5, 5.41) is 3.03. The van der Waals surface area contributed by atoms with E-state index in [-0.39, 0.29) is 11.4 Å². The molecule has 21 heavy (non-hydrogen) atoms. The highest BCUT2D eigenvalue weighted by Gasteiger charge is 2.31. The quantitative estimate of drug-likeness (QED) is 0.864. The van der Waals surface area contributed by atoms with E-state index in [1.165, 1.54) is 0 Å². The van der Waals surface area contributed by atoms with Crippen LogP contribution in [0, 0.1) is 5.41 Å². The number of carbonyl (C=O) groups excluding carboxylic acids is 1. The van der Waals surface area contributed by atoms with Gasteiger partial charge in [-0.25, -0.2) is 4.79 Å². The molecule has 0 atom stereocenters. The van der Waals surface area contributed by atoms with Gasteiger partial charge in [0, 0.05) is 19.6 Å². The number of anilines is 2. The van der Waals surface area contributed by atoms with Crippen LogP contribution in [-0.2, 0) is 0 Å². The molecule has 0 unspecified atom stereocenters. The maximum Gasteiger partial charge on any atom is 0.322 e. The molecule has 1 aromatic carbocycles. The van der Waals surface area contributed by atoms with Crippen LogP contribution in [0.1, 0.15) is 20.8 Å². The molecule has 5 nitrogen and oxygen atoms in total. The standard InChI is InChI=1S/C16H23N3O2/c1-16(2,3)11-17-15(20)19-8-7-18-9-10-21-13-6-4-5-12(19)14(13)18/h4-6H,7-11H2,1-3H3,(H,17,20). The van der Waals surface area contributed by atoms with Crippen molar-refractivity contribution < 1.29 is 9.53 Å². The SMILES string of the molecule is CC(C)(C)CNC(=O)N1CCN2CCOc3cccc1c32. The smallest absolute Gasteiger partial charge is 0.322 e. The number of rotatable bonds is 1. The second-order valence-corrected chi connectivity index (χ2v) is 6.83. The fourth-order valence-electron chi connectivity index (χ4n) is 2.75. The van der Waals surface area contributed by atoms with Crippen LogP contribution in [0.2, 0.25) is 0 Å². The van der Waals surface area contributed by atoms with Crippen LogP contribution in [0.4, 0.5) is 16.2 Å². The zero-order valence-electron chi connectivity index (χ0n) is 13.0. The van der Waals surface area contributed by atoms with E-state index in [1.807, 2.05) is 23.1 Å². The van der Waals surface area contributed by atoms with Gasteiger partial charge in [-0.2, -0.15) is 0 Å². The van der Waals surface area contributed by atoms with Gasteiger partial charge < -0.3 is 15.0 Å². The fraction of sp³-hybridized carbons (Fsp3) is 0.562. The molecule has 0 fully saturated rings. The number of nitrogens with zero attached hydrogens (tertiary/aromatic N) is 2. The molecule has 2 aliphatic heterocycles. The fourth-order valence-corrected chi connectivity index (χ4v) is 2.75. The van der Waals surface area contributed by atoms with E-state index in [0.29, 0.717) is 19.7 Å². The third-order valence-corrected chi connectivity index (χ3v) is 3.81. The molecule has 2 heterocycles. The van der Waals surface area contributed by atoms with Crippen molar-refractivity contribution in [2.45, 2.75) is 20.8 Å². The van der Waals surface area contributed by atoms with E-state index in [2.05, 4.69) is 31.0 Å². The number of para-hydroxylation sites is 1. The summed E-state index contributed by atoms with van der Waals surface area (Å²) in [5.41, 5.74) is 2.09. The summed E-state index contributed by atoms with van der Waals surface area (Å²) < 4.78 is 5.71. The predicted molar refractivity (Wildman–Crippen MR) is 84.3 cm³/mol. The van der Waals surface area contributed by atoms with Gasteiger partial charge in [-0.1, -0.05) is 26.8 Å². The van der Waals surface area contributed by atoms with Crippen molar-refractivity contribution in [2.75, 3.05) is 42.6 Å². The Kier molecular flexibility index (Phi) is 3.43. The van der Waals surface area contributed by atoms with Gasteiger partial charge in [-0.05, 0) is 17.5 Å². The average molecular weight is 289 g/mol. The molecule has 3 rings (SSSR count). The average Bonchev–Trinajstić information content (AvgIpc) is 2.45. The molecule has 1 N–H and O–H groups in total. The highest BCUT2D eigenvalue weighted by molar-refractivity contribution is 5.98. The van der Waals surface area contributed by atoms with Crippen LogP contribution in [0.3, 0.4) is 0 Å². The summed E-state index contributed by atoms with van der Waals surface area (Å²) in [5.74, 6) is 0.882. The number of hydrogen-bond acceptors (Lipinski definition) is 3. The molecule has 0 aromatic heterocycles. The Bertz CT molecular complexity index is 551. The molecule has 2 aliphatic rings. The molecular weight excluding hydrogens is 266 g/mol. The Balaban J connectivity index is 1.84. The molecule has 0 saturated carbocycles. The van der Waals surface area contributed by atoms with Crippen molar-refractivity contribution in [1.29, 1.82) is 0 Å². The van der Waals surface area contributed by atoms with Gasteiger partial charge in [0.1, 0.15) is 18.0 Å². The van der Waals surface area contributed by atoms with E-state index >= 15 is 0 Å². The Labute approximate surface area is 125 Å². The highest BCUT2D eigenvalue weighted by Crippen LogP contribution is 2.42. The molecule has 2 amide bonds. The lowest BCUT2D eigenvalue weighted by atomic mass is 9.97. The first kappa shape index (κ1) is 14.0. The maximum absolute atomic E-state index is 12.5. The zero-order valence-corrected chi connectivity index (χ0v) is 13.0. The molecular formula is C16H23N3O2. The molecule has 0 saturated heterocycles. The van der Waals surface area contributed by atoms with Crippen molar-refractivity contribution in [1.82, 2.24) is 5.32 Å². The van der Waals surface area contributed by atoms with Crippen molar-refractivity contribution in [2.24, 2.45) is 5.41 Å². The summed E-state index contributed by atoms with van der Waals surface area (Å²) in [6.45, 7) is 10.2. The minimum absolute atomic E-state index is 0.0245. The lowest BCUT2D eigenvalue weighted by molar-refractivity contribution is 0.240. The molecule has 0 radical (unpaired) electrons.